The van der Waals surface area contributed by atoms with Crippen LogP contribution in [0.5, 0.6) is 0 Å². The Kier molecular flexibility index (Phi) is 5.12. The van der Waals surface area contributed by atoms with Crippen molar-refractivity contribution >= 4 is 17.9 Å². The third kappa shape index (κ3) is 4.23. The molecule has 2 aliphatic heterocycles. The number of rotatable bonds is 2. The van der Waals surface area contributed by atoms with E-state index < -0.39 is 5.60 Å². The number of carbonyl (C=O) groups excluding carboxylic acids is 3. The smallest absolute Gasteiger partial charge is 0.410 e. The van der Waals surface area contributed by atoms with Crippen molar-refractivity contribution in [2.75, 3.05) is 19.6 Å². The van der Waals surface area contributed by atoms with Gasteiger partial charge in [0, 0.05) is 31.7 Å². The Balaban J connectivity index is 1.58. The van der Waals surface area contributed by atoms with Crippen LogP contribution < -0.4 is 10.6 Å². The number of fused-ring (bicyclic) bond motifs is 1. The van der Waals surface area contributed by atoms with Crippen molar-refractivity contribution in [3.05, 3.63) is 17.7 Å². The minimum Gasteiger partial charge on any atom is -0.444 e. The molecule has 2 aliphatic rings. The predicted octanol–water partition coefficient (Wildman–Crippen LogP) is 1.32. The number of hydrogen-bond donors (Lipinski definition) is 2. The lowest BCUT2D eigenvalue weighted by molar-refractivity contribution is 0.0199. The summed E-state index contributed by atoms with van der Waals surface area (Å²) in [5, 5.41) is 5.71. The summed E-state index contributed by atoms with van der Waals surface area (Å²) in [6.45, 7) is 9.00. The number of imidazole rings is 1. The zero-order valence-corrected chi connectivity index (χ0v) is 16.2. The van der Waals surface area contributed by atoms with Crippen molar-refractivity contribution in [1.82, 2.24) is 25.1 Å². The van der Waals surface area contributed by atoms with Crippen molar-refractivity contribution in [3.8, 4) is 0 Å². The van der Waals surface area contributed by atoms with E-state index in [4.69, 9.17) is 4.74 Å². The summed E-state index contributed by atoms with van der Waals surface area (Å²) in [5.41, 5.74) is -0.0777. The minimum absolute atomic E-state index is 0.0591. The molecule has 3 amide bonds. The van der Waals surface area contributed by atoms with Crippen LogP contribution in [0.25, 0.3) is 0 Å². The van der Waals surface area contributed by atoms with Crippen molar-refractivity contribution in [2.24, 2.45) is 0 Å². The molecule has 9 heteroatoms. The Morgan fingerprint density at radius 1 is 1.30 bits per heavy atom. The molecule has 0 radical (unpaired) electrons. The lowest BCUT2D eigenvalue weighted by Crippen LogP contribution is -2.48. The molecule has 1 aromatic rings. The molecule has 0 bridgehead atoms. The fourth-order valence-corrected chi connectivity index (χ4v) is 3.30. The summed E-state index contributed by atoms with van der Waals surface area (Å²) >= 11 is 0. The van der Waals surface area contributed by atoms with Gasteiger partial charge >= 0.3 is 6.09 Å². The maximum Gasteiger partial charge on any atom is 0.410 e. The van der Waals surface area contributed by atoms with E-state index in [1.807, 2.05) is 27.7 Å². The maximum absolute atomic E-state index is 12.6. The second-order valence-electron chi connectivity index (χ2n) is 8.12. The van der Waals surface area contributed by atoms with Crippen LogP contribution >= 0.6 is 0 Å². The van der Waals surface area contributed by atoms with Gasteiger partial charge in [0.1, 0.15) is 11.3 Å². The summed E-state index contributed by atoms with van der Waals surface area (Å²) in [6, 6.07) is -0.0126. The fourth-order valence-electron chi connectivity index (χ4n) is 3.30. The third-order valence-electron chi connectivity index (χ3n) is 4.74. The van der Waals surface area contributed by atoms with Gasteiger partial charge in [-0.1, -0.05) is 0 Å². The fraction of sp³-hybridized carbons (Fsp3) is 0.667. The molecular formula is C18H27N5O4. The minimum atomic E-state index is -0.528. The first kappa shape index (κ1) is 19.2. The Hall–Kier alpha value is -2.58. The monoisotopic (exact) mass is 377 g/mol. The van der Waals surface area contributed by atoms with Crippen LogP contribution in [0.3, 0.4) is 0 Å². The van der Waals surface area contributed by atoms with E-state index in [0.29, 0.717) is 38.2 Å². The van der Waals surface area contributed by atoms with Crippen LogP contribution in [0.15, 0.2) is 6.33 Å². The van der Waals surface area contributed by atoms with Crippen molar-refractivity contribution < 1.29 is 19.1 Å². The van der Waals surface area contributed by atoms with E-state index >= 15 is 0 Å². The molecule has 148 valence electrons. The van der Waals surface area contributed by atoms with Gasteiger partial charge in [-0.3, -0.25) is 9.59 Å². The first-order valence-corrected chi connectivity index (χ1v) is 9.29. The van der Waals surface area contributed by atoms with Crippen molar-refractivity contribution in [3.63, 3.8) is 0 Å². The average molecular weight is 377 g/mol. The van der Waals surface area contributed by atoms with Gasteiger partial charge in [0.05, 0.1) is 6.33 Å². The van der Waals surface area contributed by atoms with Crippen LogP contribution in [0.4, 0.5) is 4.79 Å². The molecule has 27 heavy (non-hydrogen) atoms. The number of carbonyl (C=O) groups is 3. The largest absolute Gasteiger partial charge is 0.444 e. The number of ether oxygens (including phenoxy) is 1. The molecule has 0 unspecified atom stereocenters. The SMILES string of the molecule is C[C@H]1CNC(=O)c2c(C(=O)NC3CCN(C(=O)OC(C)(C)C)CC3)ncn21. The molecule has 0 spiro atoms. The summed E-state index contributed by atoms with van der Waals surface area (Å²) in [4.78, 5) is 42.7. The highest BCUT2D eigenvalue weighted by Crippen LogP contribution is 2.19. The van der Waals surface area contributed by atoms with Crippen LogP contribution in [-0.4, -0.2) is 63.6 Å². The topological polar surface area (TPSA) is 106 Å². The average Bonchev–Trinajstić information content (AvgIpc) is 3.04. The van der Waals surface area contributed by atoms with Gasteiger partial charge < -0.3 is 24.8 Å². The third-order valence-corrected chi connectivity index (χ3v) is 4.74. The molecule has 3 heterocycles. The molecule has 0 aliphatic carbocycles. The van der Waals surface area contributed by atoms with E-state index in [9.17, 15) is 14.4 Å². The van der Waals surface area contributed by atoms with Crippen molar-refractivity contribution in [1.29, 1.82) is 0 Å². The number of nitrogens with zero attached hydrogens (tertiary/aromatic N) is 3. The number of likely N-dealkylation sites (tertiary alicyclic amines) is 1. The van der Waals surface area contributed by atoms with E-state index in [2.05, 4.69) is 15.6 Å². The molecule has 1 atom stereocenters. The highest BCUT2D eigenvalue weighted by Gasteiger charge is 2.32. The van der Waals surface area contributed by atoms with Gasteiger partial charge in [-0.2, -0.15) is 0 Å². The van der Waals surface area contributed by atoms with Gasteiger partial charge in [0.15, 0.2) is 5.69 Å². The Bertz CT molecular complexity index is 743. The first-order chi connectivity index (χ1) is 12.7. The van der Waals surface area contributed by atoms with Crippen molar-refractivity contribution in [2.45, 2.75) is 58.2 Å². The maximum atomic E-state index is 12.6. The van der Waals surface area contributed by atoms with E-state index in [-0.39, 0.29) is 35.7 Å². The molecule has 1 aromatic heterocycles. The number of hydrogen-bond acceptors (Lipinski definition) is 5. The molecule has 0 aromatic carbocycles. The quantitative estimate of drug-likeness (QED) is 0.809. The summed E-state index contributed by atoms with van der Waals surface area (Å²) in [6.07, 6.45) is 2.47. The molecule has 1 saturated heterocycles. The zero-order valence-electron chi connectivity index (χ0n) is 16.2. The Labute approximate surface area is 158 Å². The highest BCUT2D eigenvalue weighted by molar-refractivity contribution is 6.05. The van der Waals surface area contributed by atoms with Gasteiger partial charge in [0.25, 0.3) is 11.8 Å². The van der Waals surface area contributed by atoms with Crippen LogP contribution in [0.2, 0.25) is 0 Å². The van der Waals surface area contributed by atoms with Gasteiger partial charge in [-0.05, 0) is 40.5 Å². The lowest BCUT2D eigenvalue weighted by atomic mass is 10.0. The summed E-state index contributed by atoms with van der Waals surface area (Å²) < 4.78 is 7.11. The summed E-state index contributed by atoms with van der Waals surface area (Å²) in [7, 11) is 0. The normalized spacial score (nSPS) is 20.7. The standard InChI is InChI=1S/C18H27N5O4/c1-11-9-19-16(25)14-13(20-10-23(11)14)15(24)21-12-5-7-22(8-6-12)17(26)27-18(2,3)4/h10-12H,5-9H2,1-4H3,(H,19,25)(H,21,24)/t11-/m0/s1. The number of piperidine rings is 1. The van der Waals surface area contributed by atoms with E-state index in [1.54, 1.807) is 15.8 Å². The van der Waals surface area contributed by atoms with Crippen LogP contribution in [0, 0.1) is 0 Å². The van der Waals surface area contributed by atoms with Crippen LogP contribution in [0.1, 0.15) is 67.6 Å². The molecule has 1 fully saturated rings. The molecule has 0 saturated carbocycles. The molecule has 2 N–H and O–H groups in total. The Morgan fingerprint density at radius 2 is 1.96 bits per heavy atom. The number of amides is 3. The van der Waals surface area contributed by atoms with Gasteiger partial charge in [-0.15, -0.1) is 0 Å². The highest BCUT2D eigenvalue weighted by atomic mass is 16.6. The van der Waals surface area contributed by atoms with Crippen LogP contribution in [-0.2, 0) is 4.74 Å². The number of aromatic nitrogens is 2. The summed E-state index contributed by atoms with van der Waals surface area (Å²) in [5.74, 6) is -0.640. The first-order valence-electron chi connectivity index (χ1n) is 9.29. The second kappa shape index (κ2) is 7.21. The predicted molar refractivity (Wildman–Crippen MR) is 97.6 cm³/mol. The molecular weight excluding hydrogens is 350 g/mol. The number of nitrogens with one attached hydrogen (secondary N) is 2. The molecule has 3 rings (SSSR count). The van der Waals surface area contributed by atoms with Gasteiger partial charge in [0.2, 0.25) is 0 Å². The van der Waals surface area contributed by atoms with E-state index in [0.717, 1.165) is 0 Å². The van der Waals surface area contributed by atoms with E-state index in [1.165, 1.54) is 0 Å². The van der Waals surface area contributed by atoms with Gasteiger partial charge in [-0.25, -0.2) is 9.78 Å². The lowest BCUT2D eigenvalue weighted by Gasteiger charge is -2.33. The molecule has 9 nitrogen and oxygen atoms in total. The Morgan fingerprint density at radius 3 is 2.59 bits per heavy atom. The second-order valence-corrected chi connectivity index (χ2v) is 8.12. The zero-order chi connectivity index (χ0) is 19.8.